The van der Waals surface area contributed by atoms with Gasteiger partial charge < -0.3 is 4.74 Å². The monoisotopic (exact) mass is 312 g/mol. The number of aryl methyl sites for hydroxylation is 1. The molecule has 0 aliphatic heterocycles. The number of ether oxygens (including phenoxy) is 1. The summed E-state index contributed by atoms with van der Waals surface area (Å²) < 4.78 is 21.1. The average molecular weight is 312 g/mol. The van der Waals surface area contributed by atoms with Gasteiger partial charge in [-0.2, -0.15) is 0 Å². The van der Waals surface area contributed by atoms with Crippen LogP contribution in [0.2, 0.25) is 0 Å². The zero-order valence-corrected chi connectivity index (χ0v) is 13.6. The van der Waals surface area contributed by atoms with Crippen LogP contribution in [0.3, 0.4) is 0 Å². The highest BCUT2D eigenvalue weighted by molar-refractivity contribution is 7.91. The van der Waals surface area contributed by atoms with Crippen LogP contribution in [0, 0.1) is 5.92 Å². The molecule has 0 saturated carbocycles. The number of nitrogens with two attached hydrogens (primary N) is 1. The summed E-state index contributed by atoms with van der Waals surface area (Å²) in [6.07, 6.45) is 1.04. The van der Waals surface area contributed by atoms with Crippen molar-refractivity contribution in [1.29, 1.82) is 0 Å². The average Bonchev–Trinajstić information content (AvgIpc) is 2.44. The van der Waals surface area contributed by atoms with Crippen LogP contribution in [-0.2, 0) is 25.9 Å². The third-order valence-corrected chi connectivity index (χ3v) is 4.40. The van der Waals surface area contributed by atoms with Crippen molar-refractivity contribution in [3.05, 3.63) is 35.9 Å². The molecule has 0 aromatic heterocycles. The fraction of sp³-hybridized carbons (Fsp3) is 0.533. The van der Waals surface area contributed by atoms with Gasteiger partial charge in [0.1, 0.15) is 9.92 Å². The van der Waals surface area contributed by atoms with E-state index in [1.807, 2.05) is 44.2 Å². The van der Waals surface area contributed by atoms with E-state index in [4.69, 9.17) is 9.88 Å². The lowest BCUT2D eigenvalue weighted by Crippen LogP contribution is -2.28. The van der Waals surface area contributed by atoms with Gasteiger partial charge in [-0.25, -0.2) is 18.5 Å². The Bertz CT molecular complexity index is 564. The lowest BCUT2D eigenvalue weighted by Gasteiger charge is -2.14. The second-order valence-corrected chi connectivity index (χ2v) is 7.40. The zero-order valence-electron chi connectivity index (χ0n) is 12.8. The summed E-state index contributed by atoms with van der Waals surface area (Å²) in [5.74, 6) is -0.0217. The molecule has 0 spiro atoms. The molecular weight excluding hydrogens is 288 g/mol. The first-order valence-electron chi connectivity index (χ1n) is 6.97. The molecule has 1 unspecified atom stereocenters. The third-order valence-electron chi connectivity index (χ3n) is 3.00. The van der Waals surface area contributed by atoms with E-state index in [0.29, 0.717) is 12.8 Å². The van der Waals surface area contributed by atoms with Crippen molar-refractivity contribution in [3.8, 4) is 0 Å². The largest absolute Gasteiger partial charge is 0.467 e. The maximum Gasteiger partial charge on any atom is 0.331 e. The fourth-order valence-corrected chi connectivity index (χ4v) is 3.18. The molecule has 0 heterocycles. The molecule has 0 amide bonds. The molecule has 0 aliphatic carbocycles. The Morgan fingerprint density at radius 2 is 1.95 bits per heavy atom. The molecule has 0 aliphatic rings. The Kier molecular flexibility index (Phi) is 6.84. The van der Waals surface area contributed by atoms with Crippen LogP contribution in [0.1, 0.15) is 25.8 Å². The van der Waals surface area contributed by atoms with Crippen molar-refractivity contribution in [2.24, 2.45) is 15.4 Å². The third kappa shape index (κ3) is 6.73. The molecule has 1 aromatic rings. The summed E-state index contributed by atoms with van der Waals surface area (Å²) >= 11 is 0. The van der Waals surface area contributed by atoms with Crippen molar-refractivity contribution in [1.82, 2.24) is 0 Å². The topological polar surface area (TPSA) is 81.8 Å². The van der Waals surface area contributed by atoms with Crippen molar-refractivity contribution in [2.75, 3.05) is 12.9 Å². The quantitative estimate of drug-likeness (QED) is 0.783. The van der Waals surface area contributed by atoms with E-state index < -0.39 is 21.9 Å². The molecule has 118 valence electrons. The smallest absolute Gasteiger partial charge is 0.331 e. The van der Waals surface area contributed by atoms with E-state index >= 15 is 0 Å². The van der Waals surface area contributed by atoms with E-state index in [9.17, 15) is 9.00 Å². The fourth-order valence-electron chi connectivity index (χ4n) is 1.94. The maximum atomic E-state index is 12.4. The van der Waals surface area contributed by atoms with Crippen LogP contribution in [0.5, 0.6) is 0 Å². The van der Waals surface area contributed by atoms with Gasteiger partial charge in [-0.05, 0) is 24.3 Å². The molecule has 0 bridgehead atoms. The highest BCUT2D eigenvalue weighted by Gasteiger charge is 2.21. The zero-order chi connectivity index (χ0) is 15.9. The van der Waals surface area contributed by atoms with Gasteiger partial charge in [-0.1, -0.05) is 44.2 Å². The summed E-state index contributed by atoms with van der Waals surface area (Å²) in [4.78, 5) is 11.7. The number of methoxy groups -OCH3 is 1. The molecule has 2 atom stereocenters. The molecule has 1 rings (SSSR count). The Morgan fingerprint density at radius 1 is 1.33 bits per heavy atom. The number of esters is 1. The standard InChI is InChI=1S/C15H24N2O3S/c1-12(2)11-14(15(18)20-3)17-21(16,19)10-9-13-7-5-4-6-8-13/h4-8,12,14H,9-11H2,1-3H3,(H2,16,17,19)/t14-,21?/m0/s1. The Hall–Kier alpha value is -1.40. The summed E-state index contributed by atoms with van der Waals surface area (Å²) in [6.45, 7) is 3.93. The van der Waals surface area contributed by atoms with Crippen LogP contribution in [0.25, 0.3) is 0 Å². The molecule has 0 radical (unpaired) electrons. The number of hydrogen-bond donors (Lipinski definition) is 1. The van der Waals surface area contributed by atoms with Crippen molar-refractivity contribution < 1.29 is 13.7 Å². The number of nitrogens with zero attached hydrogens (tertiary/aromatic N) is 1. The second-order valence-electron chi connectivity index (χ2n) is 5.40. The van der Waals surface area contributed by atoms with Gasteiger partial charge in [-0.15, -0.1) is 0 Å². The van der Waals surface area contributed by atoms with E-state index in [-0.39, 0.29) is 11.7 Å². The number of benzene rings is 1. The number of hydrogen-bond acceptors (Lipinski definition) is 4. The van der Waals surface area contributed by atoms with Crippen LogP contribution >= 0.6 is 0 Å². The molecule has 1 aromatic carbocycles. The van der Waals surface area contributed by atoms with Crippen LogP contribution in [0.4, 0.5) is 0 Å². The number of carbonyl (C=O) groups is 1. The summed E-state index contributed by atoms with van der Waals surface area (Å²) in [5, 5.41) is 5.79. The minimum atomic E-state index is -2.91. The molecular formula is C15H24N2O3S. The van der Waals surface area contributed by atoms with E-state index in [2.05, 4.69) is 4.36 Å². The predicted molar refractivity (Wildman–Crippen MR) is 85.0 cm³/mol. The minimum Gasteiger partial charge on any atom is -0.467 e. The summed E-state index contributed by atoms with van der Waals surface area (Å²) in [5.41, 5.74) is 1.05. The van der Waals surface area contributed by atoms with Crippen molar-refractivity contribution >= 4 is 15.9 Å². The minimum absolute atomic E-state index is 0.225. The summed E-state index contributed by atoms with van der Waals surface area (Å²) in [6, 6.07) is 8.89. The molecule has 2 N–H and O–H groups in total. The number of carbonyl (C=O) groups excluding carboxylic acids is 1. The lowest BCUT2D eigenvalue weighted by atomic mass is 10.1. The number of rotatable bonds is 7. The van der Waals surface area contributed by atoms with Crippen LogP contribution < -0.4 is 5.14 Å². The second kappa shape index (κ2) is 8.14. The molecule has 6 heteroatoms. The summed E-state index contributed by atoms with van der Waals surface area (Å²) in [7, 11) is -1.61. The first-order chi connectivity index (χ1) is 9.84. The highest BCUT2D eigenvalue weighted by atomic mass is 32.2. The van der Waals surface area contributed by atoms with Gasteiger partial charge in [0.2, 0.25) is 0 Å². The maximum absolute atomic E-state index is 12.4. The van der Waals surface area contributed by atoms with Gasteiger partial charge in [-0.3, -0.25) is 0 Å². The van der Waals surface area contributed by atoms with Gasteiger partial charge >= 0.3 is 5.97 Å². The highest BCUT2D eigenvalue weighted by Crippen LogP contribution is 2.12. The normalized spacial score (nSPS) is 15.3. The molecule has 5 nitrogen and oxygen atoms in total. The Balaban J connectivity index is 2.81. The van der Waals surface area contributed by atoms with Crippen LogP contribution in [-0.4, -0.2) is 29.1 Å². The molecule has 0 fully saturated rings. The van der Waals surface area contributed by atoms with Gasteiger partial charge in [0, 0.05) is 5.75 Å². The van der Waals surface area contributed by atoms with E-state index in [0.717, 1.165) is 5.56 Å². The Morgan fingerprint density at radius 3 is 2.48 bits per heavy atom. The van der Waals surface area contributed by atoms with Crippen LogP contribution in [0.15, 0.2) is 34.7 Å². The Labute approximate surface area is 127 Å². The van der Waals surface area contributed by atoms with Crippen molar-refractivity contribution in [2.45, 2.75) is 32.7 Å². The van der Waals surface area contributed by atoms with Gasteiger partial charge in [0.15, 0.2) is 6.04 Å². The molecule has 0 saturated heterocycles. The molecule has 21 heavy (non-hydrogen) atoms. The van der Waals surface area contributed by atoms with E-state index in [1.54, 1.807) is 0 Å². The van der Waals surface area contributed by atoms with E-state index in [1.165, 1.54) is 7.11 Å². The SMILES string of the molecule is COC(=O)[C@H](CC(C)C)N=S(N)(=O)CCc1ccccc1. The van der Waals surface area contributed by atoms with Crippen molar-refractivity contribution in [3.63, 3.8) is 0 Å². The predicted octanol–water partition coefficient (Wildman–Crippen LogP) is 2.16. The van der Waals surface area contributed by atoms with Gasteiger partial charge in [0.25, 0.3) is 0 Å². The lowest BCUT2D eigenvalue weighted by molar-refractivity contribution is -0.142. The van der Waals surface area contributed by atoms with Gasteiger partial charge in [0.05, 0.1) is 7.11 Å². The first-order valence-corrected chi connectivity index (χ1v) is 8.72. The first kappa shape index (κ1) is 17.7.